The first-order valence-electron chi connectivity index (χ1n) is 6.07. The first-order valence-corrected chi connectivity index (χ1v) is 6.07. The van der Waals surface area contributed by atoms with Crippen molar-refractivity contribution in [3.63, 3.8) is 0 Å². The molecule has 0 aliphatic heterocycles. The first-order chi connectivity index (χ1) is 9.41. The number of carbonyl (C=O) groups is 2. The number of nitrogens with zero attached hydrogens (tertiary/aromatic N) is 2. The summed E-state index contributed by atoms with van der Waals surface area (Å²) in [5, 5.41) is 22.3. The van der Waals surface area contributed by atoms with Crippen molar-refractivity contribution in [3.8, 4) is 5.69 Å². The molecule has 0 bridgehead atoms. The van der Waals surface area contributed by atoms with Gasteiger partial charge in [0.2, 0.25) is 0 Å². The van der Waals surface area contributed by atoms with E-state index in [1.54, 1.807) is 18.2 Å². The van der Waals surface area contributed by atoms with Crippen LogP contribution in [0, 0.1) is 0 Å². The van der Waals surface area contributed by atoms with E-state index < -0.39 is 11.9 Å². The number of benzene rings is 1. The highest BCUT2D eigenvalue weighted by atomic mass is 16.4. The Balaban J connectivity index is 2.69. The third-order valence-corrected chi connectivity index (χ3v) is 2.91. The zero-order valence-electron chi connectivity index (χ0n) is 11.1. The van der Waals surface area contributed by atoms with Gasteiger partial charge in [0.15, 0.2) is 5.69 Å². The summed E-state index contributed by atoms with van der Waals surface area (Å²) in [6.07, 6.45) is 0. The molecular weight excluding hydrogens is 260 g/mol. The fourth-order valence-corrected chi connectivity index (χ4v) is 1.94. The molecule has 0 aliphatic rings. The van der Waals surface area contributed by atoms with Crippen LogP contribution in [0.4, 0.5) is 0 Å². The van der Waals surface area contributed by atoms with Crippen LogP contribution < -0.4 is 0 Å². The minimum absolute atomic E-state index is 0.0115. The maximum Gasteiger partial charge on any atom is 0.356 e. The number of aromatic nitrogens is 2. The zero-order chi connectivity index (χ0) is 14.9. The molecule has 0 radical (unpaired) electrons. The van der Waals surface area contributed by atoms with Crippen LogP contribution in [0.1, 0.15) is 46.3 Å². The van der Waals surface area contributed by atoms with Crippen LogP contribution in [0.2, 0.25) is 0 Å². The van der Waals surface area contributed by atoms with E-state index in [-0.39, 0.29) is 17.2 Å². The van der Waals surface area contributed by atoms with E-state index >= 15 is 0 Å². The van der Waals surface area contributed by atoms with E-state index in [9.17, 15) is 14.7 Å². The number of aromatic carboxylic acids is 2. The Bertz CT molecular complexity index is 674. The van der Waals surface area contributed by atoms with Crippen molar-refractivity contribution < 1.29 is 19.8 Å². The molecule has 0 saturated carbocycles. The molecule has 6 heteroatoms. The molecule has 2 N–H and O–H groups in total. The molecule has 0 atom stereocenters. The minimum atomic E-state index is -1.14. The molecule has 0 saturated heterocycles. The largest absolute Gasteiger partial charge is 0.478 e. The van der Waals surface area contributed by atoms with Gasteiger partial charge in [-0.05, 0) is 24.1 Å². The van der Waals surface area contributed by atoms with E-state index in [1.165, 1.54) is 16.8 Å². The number of hydrogen-bond acceptors (Lipinski definition) is 3. The molecule has 1 heterocycles. The fraction of sp³-hybridized carbons (Fsp3) is 0.214. The topological polar surface area (TPSA) is 92.4 Å². The Morgan fingerprint density at radius 2 is 1.80 bits per heavy atom. The van der Waals surface area contributed by atoms with Crippen molar-refractivity contribution in [3.05, 3.63) is 47.3 Å². The van der Waals surface area contributed by atoms with Gasteiger partial charge in [-0.25, -0.2) is 14.3 Å². The summed E-state index contributed by atoms with van der Waals surface area (Å²) in [6, 6.07) is 7.83. The van der Waals surface area contributed by atoms with Crippen LogP contribution >= 0.6 is 0 Å². The van der Waals surface area contributed by atoms with Crippen molar-refractivity contribution in [2.75, 3.05) is 0 Å². The number of rotatable bonds is 4. The van der Waals surface area contributed by atoms with Gasteiger partial charge in [0.05, 0.1) is 11.3 Å². The van der Waals surface area contributed by atoms with Crippen molar-refractivity contribution in [1.29, 1.82) is 0 Å². The molecule has 6 nitrogen and oxygen atoms in total. The van der Waals surface area contributed by atoms with E-state index in [1.807, 2.05) is 13.8 Å². The average molecular weight is 274 g/mol. The lowest BCUT2D eigenvalue weighted by Gasteiger charge is -2.12. The average Bonchev–Trinajstić information content (AvgIpc) is 2.83. The number of carboxylic acid groups (broad SMARTS) is 2. The molecule has 0 spiro atoms. The lowest BCUT2D eigenvalue weighted by Crippen LogP contribution is -2.10. The summed E-state index contributed by atoms with van der Waals surface area (Å²) in [4.78, 5) is 22.3. The molecule has 2 aromatic rings. The van der Waals surface area contributed by atoms with Crippen LogP contribution in [0.5, 0.6) is 0 Å². The smallest absolute Gasteiger partial charge is 0.356 e. The van der Waals surface area contributed by atoms with E-state index in [0.29, 0.717) is 11.4 Å². The number of hydrogen-bond donors (Lipinski definition) is 2. The number of carboxylic acids is 2. The van der Waals surface area contributed by atoms with Gasteiger partial charge < -0.3 is 10.2 Å². The highest BCUT2D eigenvalue weighted by molar-refractivity contribution is 5.92. The predicted molar refractivity (Wildman–Crippen MR) is 71.6 cm³/mol. The third kappa shape index (κ3) is 2.40. The van der Waals surface area contributed by atoms with Crippen LogP contribution in [-0.2, 0) is 0 Å². The summed E-state index contributed by atoms with van der Waals surface area (Å²) in [5.41, 5.74) is 0.982. The Kier molecular flexibility index (Phi) is 3.56. The second kappa shape index (κ2) is 5.16. The van der Waals surface area contributed by atoms with Crippen LogP contribution in [0.3, 0.4) is 0 Å². The predicted octanol–water partition coefficient (Wildman–Crippen LogP) is 2.39. The van der Waals surface area contributed by atoms with E-state index in [2.05, 4.69) is 5.10 Å². The molecule has 0 fully saturated rings. The standard InChI is InChI=1S/C14H14N2O4/c1-8(2)12-7-10(14(19)20)15-16(12)11-6-4-3-5-9(11)13(17)18/h3-8H,1-2H3,(H,17,18)(H,19,20). The van der Waals surface area contributed by atoms with Gasteiger partial charge in [-0.3, -0.25) is 0 Å². The summed E-state index contributed by atoms with van der Waals surface area (Å²) >= 11 is 0. The molecule has 1 aromatic heterocycles. The summed E-state index contributed by atoms with van der Waals surface area (Å²) in [5.74, 6) is -2.21. The maximum atomic E-state index is 11.3. The Morgan fingerprint density at radius 1 is 1.15 bits per heavy atom. The minimum Gasteiger partial charge on any atom is -0.478 e. The lowest BCUT2D eigenvalue weighted by atomic mass is 10.1. The highest BCUT2D eigenvalue weighted by Crippen LogP contribution is 2.22. The quantitative estimate of drug-likeness (QED) is 0.893. The van der Waals surface area contributed by atoms with Crippen LogP contribution in [0.25, 0.3) is 5.69 Å². The van der Waals surface area contributed by atoms with Crippen molar-refractivity contribution >= 4 is 11.9 Å². The van der Waals surface area contributed by atoms with Gasteiger partial charge >= 0.3 is 11.9 Å². The van der Waals surface area contributed by atoms with Gasteiger partial charge in [0.1, 0.15) is 0 Å². The SMILES string of the molecule is CC(C)c1cc(C(=O)O)nn1-c1ccccc1C(=O)O. The van der Waals surface area contributed by atoms with Crippen LogP contribution in [0.15, 0.2) is 30.3 Å². The van der Waals surface area contributed by atoms with E-state index in [0.717, 1.165) is 0 Å². The number of para-hydroxylation sites is 1. The van der Waals surface area contributed by atoms with Crippen LogP contribution in [-0.4, -0.2) is 31.9 Å². The zero-order valence-corrected chi connectivity index (χ0v) is 11.1. The van der Waals surface area contributed by atoms with Gasteiger partial charge in [-0.15, -0.1) is 0 Å². The molecule has 0 unspecified atom stereocenters. The summed E-state index contributed by atoms with van der Waals surface area (Å²) < 4.78 is 1.39. The lowest BCUT2D eigenvalue weighted by molar-refractivity contribution is 0.0684. The Hall–Kier alpha value is -2.63. The van der Waals surface area contributed by atoms with Crippen molar-refractivity contribution in [1.82, 2.24) is 9.78 Å². The first kappa shape index (κ1) is 13.8. The van der Waals surface area contributed by atoms with Crippen molar-refractivity contribution in [2.24, 2.45) is 0 Å². The molecule has 0 amide bonds. The van der Waals surface area contributed by atoms with Gasteiger partial charge in [-0.1, -0.05) is 26.0 Å². The molecular formula is C14H14N2O4. The van der Waals surface area contributed by atoms with Gasteiger partial charge in [0, 0.05) is 5.69 Å². The molecule has 2 rings (SSSR count). The monoisotopic (exact) mass is 274 g/mol. The van der Waals surface area contributed by atoms with Crippen molar-refractivity contribution in [2.45, 2.75) is 19.8 Å². The van der Waals surface area contributed by atoms with E-state index in [4.69, 9.17) is 5.11 Å². The third-order valence-electron chi connectivity index (χ3n) is 2.91. The maximum absolute atomic E-state index is 11.3. The summed E-state index contributed by atoms with van der Waals surface area (Å²) in [6.45, 7) is 3.78. The van der Waals surface area contributed by atoms with Gasteiger partial charge in [-0.2, -0.15) is 5.10 Å². The fourth-order valence-electron chi connectivity index (χ4n) is 1.94. The second-order valence-electron chi connectivity index (χ2n) is 4.65. The second-order valence-corrected chi connectivity index (χ2v) is 4.65. The Labute approximate surface area is 115 Å². The summed E-state index contributed by atoms with van der Waals surface area (Å²) in [7, 11) is 0. The normalized spacial score (nSPS) is 10.8. The molecule has 0 aliphatic carbocycles. The Morgan fingerprint density at radius 3 is 2.35 bits per heavy atom. The molecule has 20 heavy (non-hydrogen) atoms. The van der Waals surface area contributed by atoms with Gasteiger partial charge in [0.25, 0.3) is 0 Å². The molecule has 1 aromatic carbocycles. The molecule has 104 valence electrons. The highest BCUT2D eigenvalue weighted by Gasteiger charge is 2.20.